The van der Waals surface area contributed by atoms with E-state index in [-0.39, 0.29) is 17.2 Å². The van der Waals surface area contributed by atoms with E-state index in [9.17, 15) is 14.9 Å². The highest BCUT2D eigenvalue weighted by atomic mass is 16.6. The lowest BCUT2D eigenvalue weighted by molar-refractivity contribution is -0.384. The van der Waals surface area contributed by atoms with Crippen molar-refractivity contribution in [3.63, 3.8) is 0 Å². The number of aryl methyl sites for hydroxylation is 1. The average molecular weight is 357 g/mol. The van der Waals surface area contributed by atoms with E-state index in [1.54, 1.807) is 29.1 Å². The second-order valence-electron chi connectivity index (χ2n) is 6.62. The van der Waals surface area contributed by atoms with Crippen LogP contribution in [-0.4, -0.2) is 33.7 Å². The first-order valence-electron chi connectivity index (χ1n) is 8.86. The van der Waals surface area contributed by atoms with Gasteiger partial charge in [-0.15, -0.1) is 0 Å². The summed E-state index contributed by atoms with van der Waals surface area (Å²) < 4.78 is 1.65. The highest BCUT2D eigenvalue weighted by molar-refractivity contribution is 6.04. The molecule has 0 radical (unpaired) electrons. The fourth-order valence-corrected chi connectivity index (χ4v) is 3.21. The molecule has 2 aromatic rings. The van der Waals surface area contributed by atoms with Crippen LogP contribution in [0.15, 0.2) is 30.5 Å². The number of piperidine rings is 1. The molecule has 0 spiro atoms. The Hall–Kier alpha value is -2.90. The number of anilines is 2. The molecule has 0 saturated carbocycles. The zero-order chi connectivity index (χ0) is 18.7. The maximum Gasteiger partial charge on any atom is 0.293 e. The second kappa shape index (κ2) is 7.55. The molecule has 2 heterocycles. The van der Waals surface area contributed by atoms with E-state index in [1.165, 1.54) is 6.07 Å². The Labute approximate surface area is 151 Å². The van der Waals surface area contributed by atoms with Gasteiger partial charge >= 0.3 is 0 Å². The molecule has 3 rings (SSSR count). The van der Waals surface area contributed by atoms with Gasteiger partial charge in [0.1, 0.15) is 11.5 Å². The smallest absolute Gasteiger partial charge is 0.293 e. The maximum absolute atomic E-state index is 12.5. The summed E-state index contributed by atoms with van der Waals surface area (Å²) in [5.41, 5.74) is 0.808. The lowest BCUT2D eigenvalue weighted by Crippen LogP contribution is -2.33. The van der Waals surface area contributed by atoms with Gasteiger partial charge in [0.05, 0.1) is 11.1 Å². The first-order valence-corrected chi connectivity index (χ1v) is 8.86. The molecule has 26 heavy (non-hydrogen) atoms. The van der Waals surface area contributed by atoms with Gasteiger partial charge < -0.3 is 10.2 Å². The number of hydrogen-bond donors (Lipinski definition) is 1. The number of hydrogen-bond acceptors (Lipinski definition) is 5. The molecular formula is C18H23N5O3. The molecule has 138 valence electrons. The van der Waals surface area contributed by atoms with E-state index in [4.69, 9.17) is 0 Å². The van der Waals surface area contributed by atoms with Crippen molar-refractivity contribution in [1.82, 2.24) is 9.78 Å². The van der Waals surface area contributed by atoms with Crippen molar-refractivity contribution in [2.75, 3.05) is 23.3 Å². The van der Waals surface area contributed by atoms with E-state index in [0.717, 1.165) is 25.9 Å². The molecule has 1 N–H and O–H groups in total. The van der Waals surface area contributed by atoms with Crippen molar-refractivity contribution in [2.45, 2.75) is 33.2 Å². The summed E-state index contributed by atoms with van der Waals surface area (Å²) in [5.74, 6) is 0.815. The van der Waals surface area contributed by atoms with Crippen LogP contribution in [0.5, 0.6) is 0 Å². The number of amides is 1. The van der Waals surface area contributed by atoms with E-state index < -0.39 is 4.92 Å². The zero-order valence-electron chi connectivity index (χ0n) is 15.0. The maximum atomic E-state index is 12.5. The van der Waals surface area contributed by atoms with E-state index in [2.05, 4.69) is 17.3 Å². The summed E-state index contributed by atoms with van der Waals surface area (Å²) >= 11 is 0. The van der Waals surface area contributed by atoms with Gasteiger partial charge in [0.25, 0.3) is 11.6 Å². The number of nitro benzene ring substituents is 1. The largest absolute Gasteiger partial charge is 0.366 e. The predicted molar refractivity (Wildman–Crippen MR) is 99.6 cm³/mol. The van der Waals surface area contributed by atoms with Crippen LogP contribution in [0.3, 0.4) is 0 Å². The number of carbonyl (C=O) groups is 1. The van der Waals surface area contributed by atoms with Crippen molar-refractivity contribution >= 4 is 23.1 Å². The SMILES string of the molecule is CCn1nccc1NC(=O)c1ccc(N2CCC(C)CC2)c([N+](=O)[O-])c1. The number of nitrogens with zero attached hydrogens (tertiary/aromatic N) is 4. The third kappa shape index (κ3) is 3.68. The Morgan fingerprint density at radius 3 is 2.73 bits per heavy atom. The summed E-state index contributed by atoms with van der Waals surface area (Å²) in [7, 11) is 0. The van der Waals surface area contributed by atoms with Crippen LogP contribution >= 0.6 is 0 Å². The number of nitrogens with one attached hydrogen (secondary N) is 1. The number of carbonyl (C=O) groups excluding carboxylic acids is 1. The molecule has 1 aliphatic heterocycles. The third-order valence-corrected chi connectivity index (χ3v) is 4.82. The van der Waals surface area contributed by atoms with Crippen LogP contribution in [0.1, 0.15) is 37.0 Å². The van der Waals surface area contributed by atoms with Crippen molar-refractivity contribution < 1.29 is 9.72 Å². The summed E-state index contributed by atoms with van der Waals surface area (Å²) in [4.78, 5) is 25.7. The van der Waals surface area contributed by atoms with Crippen LogP contribution in [0, 0.1) is 16.0 Å². The summed E-state index contributed by atoms with van der Waals surface area (Å²) in [6.45, 7) is 6.32. The van der Waals surface area contributed by atoms with Crippen LogP contribution in [0.2, 0.25) is 0 Å². The summed E-state index contributed by atoms with van der Waals surface area (Å²) in [5, 5.41) is 18.4. The van der Waals surface area contributed by atoms with Gasteiger partial charge in [0.2, 0.25) is 0 Å². The Bertz CT molecular complexity index is 809. The molecule has 1 aromatic heterocycles. The van der Waals surface area contributed by atoms with Crippen LogP contribution < -0.4 is 10.2 Å². The van der Waals surface area contributed by atoms with Crippen molar-refractivity contribution in [3.05, 3.63) is 46.1 Å². The monoisotopic (exact) mass is 357 g/mol. The van der Waals surface area contributed by atoms with Gasteiger partial charge in [-0.1, -0.05) is 6.92 Å². The molecule has 1 aliphatic rings. The Kier molecular flexibility index (Phi) is 5.20. The number of nitro groups is 1. The Morgan fingerprint density at radius 1 is 1.35 bits per heavy atom. The van der Waals surface area contributed by atoms with Crippen molar-refractivity contribution in [3.8, 4) is 0 Å². The topological polar surface area (TPSA) is 93.3 Å². The number of aromatic nitrogens is 2. The Balaban J connectivity index is 1.84. The predicted octanol–water partition coefficient (Wildman–Crippen LogP) is 3.30. The standard InChI is InChI=1S/C18H23N5O3/c1-3-22-17(6-9-19-22)20-18(24)14-4-5-15(16(12-14)23(25)26)21-10-7-13(2)8-11-21/h4-6,9,12-13H,3,7-8,10-11H2,1-2H3,(H,20,24). The van der Waals surface area contributed by atoms with Gasteiger partial charge in [-0.05, 0) is 37.8 Å². The molecule has 8 heteroatoms. The molecule has 0 bridgehead atoms. The van der Waals surface area contributed by atoms with Crippen molar-refractivity contribution in [1.29, 1.82) is 0 Å². The molecule has 8 nitrogen and oxygen atoms in total. The number of benzene rings is 1. The molecule has 1 amide bonds. The average Bonchev–Trinajstić information content (AvgIpc) is 3.09. The molecule has 0 atom stereocenters. The van der Waals surface area contributed by atoms with Crippen LogP contribution in [0.4, 0.5) is 17.2 Å². The van der Waals surface area contributed by atoms with Gasteiger partial charge in [0, 0.05) is 37.3 Å². The highest BCUT2D eigenvalue weighted by Crippen LogP contribution is 2.32. The zero-order valence-corrected chi connectivity index (χ0v) is 15.0. The minimum atomic E-state index is -0.416. The molecule has 1 aromatic carbocycles. The van der Waals surface area contributed by atoms with E-state index in [0.29, 0.717) is 24.0 Å². The quantitative estimate of drug-likeness (QED) is 0.654. The van der Waals surface area contributed by atoms with Gasteiger partial charge in [-0.3, -0.25) is 14.9 Å². The normalized spacial score (nSPS) is 15.1. The minimum Gasteiger partial charge on any atom is -0.366 e. The number of rotatable bonds is 5. The Morgan fingerprint density at radius 2 is 2.08 bits per heavy atom. The van der Waals surface area contributed by atoms with E-state index in [1.807, 2.05) is 11.8 Å². The molecule has 0 unspecified atom stereocenters. The molecule has 0 aliphatic carbocycles. The van der Waals surface area contributed by atoms with E-state index >= 15 is 0 Å². The first kappa shape index (κ1) is 17.9. The third-order valence-electron chi connectivity index (χ3n) is 4.82. The minimum absolute atomic E-state index is 0.0313. The first-order chi connectivity index (χ1) is 12.5. The molecule has 1 saturated heterocycles. The van der Waals surface area contributed by atoms with Crippen molar-refractivity contribution in [2.24, 2.45) is 5.92 Å². The summed E-state index contributed by atoms with van der Waals surface area (Å²) in [6.07, 6.45) is 3.63. The van der Waals surface area contributed by atoms with Gasteiger partial charge in [-0.2, -0.15) is 5.10 Å². The molecule has 1 fully saturated rings. The van der Waals surface area contributed by atoms with Crippen LogP contribution in [-0.2, 0) is 6.54 Å². The van der Waals surface area contributed by atoms with Gasteiger partial charge in [0.15, 0.2) is 0 Å². The fourth-order valence-electron chi connectivity index (χ4n) is 3.21. The van der Waals surface area contributed by atoms with Crippen LogP contribution in [0.25, 0.3) is 0 Å². The van der Waals surface area contributed by atoms with Gasteiger partial charge in [-0.25, -0.2) is 4.68 Å². The lowest BCUT2D eigenvalue weighted by Gasteiger charge is -2.31. The summed E-state index contributed by atoms with van der Waals surface area (Å²) in [6, 6.07) is 6.37. The lowest BCUT2D eigenvalue weighted by atomic mass is 9.98. The molecular weight excluding hydrogens is 334 g/mol. The fraction of sp³-hybridized carbons (Fsp3) is 0.444. The second-order valence-corrected chi connectivity index (χ2v) is 6.62. The highest BCUT2D eigenvalue weighted by Gasteiger charge is 2.25.